The lowest BCUT2D eigenvalue weighted by atomic mass is 10.1. The summed E-state index contributed by atoms with van der Waals surface area (Å²) in [7, 11) is 1.61. The topological polar surface area (TPSA) is 77.0 Å². The molecular formula is C20H16N4O2S. The van der Waals surface area contributed by atoms with Crippen LogP contribution in [0, 0.1) is 6.92 Å². The van der Waals surface area contributed by atoms with Crippen LogP contribution in [0.4, 0.5) is 5.13 Å². The zero-order valence-corrected chi connectivity index (χ0v) is 15.6. The van der Waals surface area contributed by atoms with Gasteiger partial charge in [0.25, 0.3) is 5.91 Å². The van der Waals surface area contributed by atoms with Crippen LogP contribution in [0.25, 0.3) is 22.3 Å². The van der Waals surface area contributed by atoms with Crippen molar-refractivity contribution in [2.75, 3.05) is 12.4 Å². The molecule has 0 aliphatic carbocycles. The Kier molecular flexibility index (Phi) is 4.52. The van der Waals surface area contributed by atoms with Gasteiger partial charge in [0.05, 0.1) is 24.1 Å². The maximum absolute atomic E-state index is 12.7. The van der Waals surface area contributed by atoms with Crippen molar-refractivity contribution in [2.24, 2.45) is 0 Å². The molecule has 0 radical (unpaired) electrons. The van der Waals surface area contributed by atoms with E-state index in [0.29, 0.717) is 22.1 Å². The Labute approximate surface area is 159 Å². The van der Waals surface area contributed by atoms with Gasteiger partial charge in [-0.15, -0.1) is 11.3 Å². The second-order valence-electron chi connectivity index (χ2n) is 5.86. The lowest BCUT2D eigenvalue weighted by Crippen LogP contribution is -2.14. The number of aryl methyl sites for hydroxylation is 1. The number of hydrogen-bond acceptors (Lipinski definition) is 6. The second kappa shape index (κ2) is 7.13. The number of carbonyl (C=O) groups excluding carboxylic acids is 1. The van der Waals surface area contributed by atoms with Crippen molar-refractivity contribution < 1.29 is 9.53 Å². The summed E-state index contributed by atoms with van der Waals surface area (Å²) in [6.07, 6.45) is 1.71. The minimum absolute atomic E-state index is 0.244. The summed E-state index contributed by atoms with van der Waals surface area (Å²) < 4.78 is 5.35. The fourth-order valence-corrected chi connectivity index (χ4v) is 3.48. The molecule has 1 N–H and O–H groups in total. The third kappa shape index (κ3) is 3.37. The van der Waals surface area contributed by atoms with Gasteiger partial charge in [-0.2, -0.15) is 0 Å². The first-order chi connectivity index (χ1) is 13.2. The molecule has 6 nitrogen and oxygen atoms in total. The number of aromatic nitrogens is 3. The summed E-state index contributed by atoms with van der Waals surface area (Å²) in [5, 5.41) is 6.09. The van der Waals surface area contributed by atoms with E-state index in [-0.39, 0.29) is 5.91 Å². The number of nitrogens with one attached hydrogen (secondary N) is 1. The quantitative estimate of drug-likeness (QED) is 0.574. The molecular weight excluding hydrogens is 360 g/mol. The molecule has 0 unspecified atom stereocenters. The van der Waals surface area contributed by atoms with Crippen LogP contribution >= 0.6 is 11.3 Å². The van der Waals surface area contributed by atoms with Crippen molar-refractivity contribution in [1.29, 1.82) is 0 Å². The molecule has 0 saturated carbocycles. The third-order valence-electron chi connectivity index (χ3n) is 4.12. The van der Waals surface area contributed by atoms with E-state index in [0.717, 1.165) is 22.3 Å². The molecule has 134 valence electrons. The Hall–Kier alpha value is -3.32. The number of methoxy groups -OCH3 is 1. The van der Waals surface area contributed by atoms with E-state index in [1.165, 1.54) is 11.3 Å². The van der Waals surface area contributed by atoms with Gasteiger partial charge in [0.1, 0.15) is 17.0 Å². The highest BCUT2D eigenvalue weighted by Gasteiger charge is 2.15. The van der Waals surface area contributed by atoms with Crippen molar-refractivity contribution in [3.05, 3.63) is 65.3 Å². The zero-order chi connectivity index (χ0) is 18.8. The Morgan fingerprint density at radius 2 is 2.00 bits per heavy atom. The number of ether oxygens (including phenoxy) is 1. The van der Waals surface area contributed by atoms with Crippen LogP contribution in [0.15, 0.2) is 54.0 Å². The van der Waals surface area contributed by atoms with Crippen LogP contribution in [0.1, 0.15) is 16.1 Å². The Bertz CT molecular complexity index is 1130. The van der Waals surface area contributed by atoms with Crippen molar-refractivity contribution in [2.45, 2.75) is 6.92 Å². The highest BCUT2D eigenvalue weighted by atomic mass is 32.1. The van der Waals surface area contributed by atoms with E-state index in [1.807, 2.05) is 54.8 Å². The normalized spacial score (nSPS) is 10.7. The third-order valence-corrected chi connectivity index (χ3v) is 4.87. The van der Waals surface area contributed by atoms with Crippen molar-refractivity contribution in [3.8, 4) is 17.1 Å². The highest BCUT2D eigenvalue weighted by molar-refractivity contribution is 7.14. The molecule has 0 spiro atoms. The van der Waals surface area contributed by atoms with Gasteiger partial charge in [0.2, 0.25) is 0 Å². The number of benzene rings is 1. The Morgan fingerprint density at radius 1 is 1.11 bits per heavy atom. The summed E-state index contributed by atoms with van der Waals surface area (Å²) in [6, 6.07) is 13.1. The number of pyridine rings is 2. The zero-order valence-electron chi connectivity index (χ0n) is 14.8. The summed E-state index contributed by atoms with van der Waals surface area (Å²) in [6.45, 7) is 1.81. The Balaban J connectivity index is 1.62. The first-order valence-electron chi connectivity index (χ1n) is 8.28. The van der Waals surface area contributed by atoms with Gasteiger partial charge < -0.3 is 4.74 Å². The smallest absolute Gasteiger partial charge is 0.259 e. The first kappa shape index (κ1) is 17.1. The van der Waals surface area contributed by atoms with Crippen molar-refractivity contribution in [3.63, 3.8) is 0 Å². The number of hydrogen-bond donors (Lipinski definition) is 1. The highest BCUT2D eigenvalue weighted by Crippen LogP contribution is 2.27. The number of carbonyl (C=O) groups is 1. The molecule has 4 rings (SSSR count). The summed E-state index contributed by atoms with van der Waals surface area (Å²) in [4.78, 5) is 26.0. The predicted octanol–water partition coefficient (Wildman–Crippen LogP) is 4.32. The number of fused-ring (bicyclic) bond motifs is 1. The minimum atomic E-state index is -0.244. The maximum atomic E-state index is 12.7. The SMILES string of the molecule is COc1cccc2cc(C(=O)Nc3nc(-c4ccccn4)cs3)c(C)nc12. The van der Waals surface area contributed by atoms with Gasteiger partial charge in [0.15, 0.2) is 5.13 Å². The number of anilines is 1. The molecule has 0 saturated heterocycles. The van der Waals surface area contributed by atoms with Crippen LogP contribution in [0.3, 0.4) is 0 Å². The molecule has 3 heterocycles. The molecule has 0 aliphatic rings. The van der Waals surface area contributed by atoms with Crippen LogP contribution in [-0.4, -0.2) is 28.0 Å². The molecule has 0 bridgehead atoms. The van der Waals surface area contributed by atoms with E-state index in [1.54, 1.807) is 13.3 Å². The van der Waals surface area contributed by atoms with E-state index < -0.39 is 0 Å². The number of nitrogens with zero attached hydrogens (tertiary/aromatic N) is 3. The molecule has 3 aromatic heterocycles. The molecule has 0 atom stereocenters. The average Bonchev–Trinajstić information content (AvgIpc) is 3.16. The van der Waals surface area contributed by atoms with Gasteiger partial charge in [0, 0.05) is 17.0 Å². The van der Waals surface area contributed by atoms with Crippen LogP contribution in [0.2, 0.25) is 0 Å². The second-order valence-corrected chi connectivity index (χ2v) is 6.72. The van der Waals surface area contributed by atoms with Crippen LogP contribution < -0.4 is 10.1 Å². The number of thiazole rings is 1. The molecule has 4 aromatic rings. The lowest BCUT2D eigenvalue weighted by molar-refractivity contribution is 0.102. The largest absolute Gasteiger partial charge is 0.494 e. The van der Waals surface area contributed by atoms with Crippen molar-refractivity contribution >= 4 is 33.3 Å². The van der Waals surface area contributed by atoms with Gasteiger partial charge >= 0.3 is 0 Å². The molecule has 7 heteroatoms. The fraction of sp³-hybridized carbons (Fsp3) is 0.100. The van der Waals surface area contributed by atoms with E-state index in [4.69, 9.17) is 4.74 Å². The summed E-state index contributed by atoms with van der Waals surface area (Å²) >= 11 is 1.36. The summed E-state index contributed by atoms with van der Waals surface area (Å²) in [5.74, 6) is 0.439. The standard InChI is InChI=1S/C20H16N4O2S/c1-12-14(10-13-6-5-8-17(26-2)18(13)22-12)19(25)24-20-23-16(11-27-20)15-7-3-4-9-21-15/h3-11H,1-2H3,(H,23,24,25). The molecule has 1 aromatic carbocycles. The average molecular weight is 376 g/mol. The van der Waals surface area contributed by atoms with E-state index >= 15 is 0 Å². The lowest BCUT2D eigenvalue weighted by Gasteiger charge is -2.09. The van der Waals surface area contributed by atoms with E-state index in [9.17, 15) is 4.79 Å². The van der Waals surface area contributed by atoms with Crippen LogP contribution in [0.5, 0.6) is 5.75 Å². The molecule has 27 heavy (non-hydrogen) atoms. The maximum Gasteiger partial charge on any atom is 0.259 e. The Morgan fingerprint density at radius 3 is 2.78 bits per heavy atom. The van der Waals surface area contributed by atoms with Crippen LogP contribution in [-0.2, 0) is 0 Å². The van der Waals surface area contributed by atoms with Gasteiger partial charge in [-0.1, -0.05) is 18.2 Å². The number of para-hydroxylation sites is 1. The number of rotatable bonds is 4. The molecule has 0 fully saturated rings. The molecule has 1 amide bonds. The van der Waals surface area contributed by atoms with Crippen molar-refractivity contribution in [1.82, 2.24) is 15.0 Å². The predicted molar refractivity (Wildman–Crippen MR) is 106 cm³/mol. The van der Waals surface area contributed by atoms with Gasteiger partial charge in [-0.25, -0.2) is 9.97 Å². The number of amides is 1. The fourth-order valence-electron chi connectivity index (χ4n) is 2.79. The van der Waals surface area contributed by atoms with Gasteiger partial charge in [-0.05, 0) is 31.2 Å². The first-order valence-corrected chi connectivity index (χ1v) is 9.16. The monoisotopic (exact) mass is 376 g/mol. The van der Waals surface area contributed by atoms with E-state index in [2.05, 4.69) is 20.3 Å². The minimum Gasteiger partial charge on any atom is -0.494 e. The molecule has 0 aliphatic heterocycles. The summed E-state index contributed by atoms with van der Waals surface area (Å²) in [5.41, 5.74) is 3.37. The van der Waals surface area contributed by atoms with Gasteiger partial charge in [-0.3, -0.25) is 15.1 Å².